The predicted molar refractivity (Wildman–Crippen MR) is 106 cm³/mol. The molecule has 1 saturated carbocycles. The minimum atomic E-state index is -4.41. The van der Waals surface area contributed by atoms with Crippen LogP contribution in [0.3, 0.4) is 0 Å². The van der Waals surface area contributed by atoms with E-state index < -0.39 is 11.7 Å². The van der Waals surface area contributed by atoms with Crippen molar-refractivity contribution in [3.8, 4) is 22.6 Å². The average molecular weight is 420 g/mol. The number of aryl methyl sites for hydroxylation is 1. The molecule has 0 saturated heterocycles. The smallest absolute Gasteiger partial charge is 1.00 e. The third-order valence-corrected chi connectivity index (χ3v) is 5.77. The quantitative estimate of drug-likeness (QED) is 0.518. The fraction of sp³-hybridized carbons (Fsp3) is 0.273. The van der Waals surface area contributed by atoms with Crippen molar-refractivity contribution in [1.29, 1.82) is 0 Å². The molecule has 150 valence electrons. The number of hydrogen-bond acceptors (Lipinski definition) is 2. The molecular weight excluding hydrogens is 400 g/mol. The van der Waals surface area contributed by atoms with Crippen LogP contribution in [0.4, 0.5) is 13.2 Å². The van der Waals surface area contributed by atoms with Gasteiger partial charge >= 0.3 is 35.7 Å². The Labute approximate surface area is 195 Å². The van der Waals surface area contributed by atoms with Crippen LogP contribution in [-0.4, -0.2) is 19.7 Å². The van der Waals surface area contributed by atoms with Crippen molar-refractivity contribution < 1.29 is 44.2 Å². The Morgan fingerprint density at radius 1 is 1.10 bits per heavy atom. The topological polar surface area (TPSA) is 46.5 Å². The standard InChI is InChI=1S/C22H19F3N4.Na.H/c1-21(9-10-21)19-12-18(29(2)28-19)20-26-16-8-7-13(11-17(16)27-20)14-5-3-4-6-15(14)22(23,24)25;;/h3-8,11-12H,9-10H2,1-2H3,(H,26,27);;/q;+1;-1. The molecule has 1 aliphatic carbocycles. The molecule has 0 unspecified atom stereocenters. The van der Waals surface area contributed by atoms with Gasteiger partial charge in [0, 0.05) is 12.5 Å². The monoisotopic (exact) mass is 420 g/mol. The van der Waals surface area contributed by atoms with Gasteiger partial charge < -0.3 is 6.41 Å². The second-order valence-electron chi connectivity index (χ2n) is 7.96. The average Bonchev–Trinajstić information content (AvgIpc) is 3.12. The largest absolute Gasteiger partial charge is 1.00 e. The van der Waals surface area contributed by atoms with Crippen LogP contribution in [0.2, 0.25) is 0 Å². The van der Waals surface area contributed by atoms with E-state index in [0.717, 1.165) is 30.3 Å². The van der Waals surface area contributed by atoms with Crippen molar-refractivity contribution in [2.45, 2.75) is 31.4 Å². The van der Waals surface area contributed by atoms with Gasteiger partial charge in [-0.3, -0.25) is 4.68 Å². The second kappa shape index (κ2) is 7.25. The van der Waals surface area contributed by atoms with E-state index in [9.17, 15) is 13.2 Å². The maximum Gasteiger partial charge on any atom is 1.00 e. The molecule has 8 heteroatoms. The van der Waals surface area contributed by atoms with Crippen LogP contribution in [0, 0.1) is 0 Å². The third kappa shape index (κ3) is 3.59. The van der Waals surface area contributed by atoms with E-state index in [4.69, 9.17) is 0 Å². The van der Waals surface area contributed by atoms with E-state index in [-0.39, 0.29) is 42.0 Å². The van der Waals surface area contributed by atoms with Crippen LogP contribution < -0.4 is 29.6 Å². The Hall–Kier alpha value is -2.09. The van der Waals surface area contributed by atoms with E-state index in [0.29, 0.717) is 22.4 Å². The Morgan fingerprint density at radius 3 is 2.53 bits per heavy atom. The summed E-state index contributed by atoms with van der Waals surface area (Å²) in [7, 11) is 1.88. The van der Waals surface area contributed by atoms with Crippen LogP contribution in [0.5, 0.6) is 0 Å². The molecule has 1 N–H and O–H groups in total. The SMILES string of the molecule is Cn1nc(C2(C)CC2)cc1-c1nc2ccc(-c3ccccc3C(F)(F)F)cc2[nH]1.[H-].[Na+]. The number of halogens is 3. The van der Waals surface area contributed by atoms with Gasteiger partial charge in [-0.05, 0) is 48.2 Å². The van der Waals surface area contributed by atoms with E-state index in [1.807, 2.05) is 13.1 Å². The Kier molecular flexibility index (Phi) is 5.11. The van der Waals surface area contributed by atoms with Crippen molar-refractivity contribution in [2.24, 2.45) is 7.05 Å². The van der Waals surface area contributed by atoms with Crippen molar-refractivity contribution in [3.05, 3.63) is 59.8 Å². The molecule has 0 aliphatic heterocycles. The molecule has 2 heterocycles. The summed E-state index contributed by atoms with van der Waals surface area (Å²) in [4.78, 5) is 7.88. The van der Waals surface area contributed by atoms with E-state index in [1.54, 1.807) is 28.9 Å². The van der Waals surface area contributed by atoms with Crippen LogP contribution in [0.15, 0.2) is 48.5 Å². The Morgan fingerprint density at radius 2 is 1.83 bits per heavy atom. The molecule has 0 spiro atoms. The molecule has 1 aliphatic rings. The van der Waals surface area contributed by atoms with Crippen molar-refractivity contribution >= 4 is 11.0 Å². The van der Waals surface area contributed by atoms with E-state index >= 15 is 0 Å². The maximum absolute atomic E-state index is 13.4. The third-order valence-electron chi connectivity index (χ3n) is 5.77. The van der Waals surface area contributed by atoms with Gasteiger partial charge in [-0.2, -0.15) is 18.3 Å². The number of hydrogen-bond donors (Lipinski definition) is 1. The molecule has 0 amide bonds. The van der Waals surface area contributed by atoms with Crippen LogP contribution in [0.1, 0.15) is 32.4 Å². The maximum atomic E-state index is 13.4. The summed E-state index contributed by atoms with van der Waals surface area (Å²) in [5.74, 6) is 0.659. The Bertz CT molecular complexity index is 1240. The number of aromatic amines is 1. The molecule has 2 aromatic heterocycles. The van der Waals surface area contributed by atoms with Crippen molar-refractivity contribution in [3.63, 3.8) is 0 Å². The van der Waals surface area contributed by atoms with Crippen molar-refractivity contribution in [1.82, 2.24) is 19.7 Å². The van der Waals surface area contributed by atoms with E-state index in [1.165, 1.54) is 12.1 Å². The number of rotatable bonds is 3. The first-order valence-corrected chi connectivity index (χ1v) is 9.46. The number of nitrogens with zero attached hydrogens (tertiary/aromatic N) is 3. The Balaban J connectivity index is 0.00000136. The van der Waals surface area contributed by atoms with Crippen LogP contribution in [-0.2, 0) is 18.6 Å². The molecule has 4 nitrogen and oxygen atoms in total. The second-order valence-corrected chi connectivity index (χ2v) is 7.96. The van der Waals surface area contributed by atoms with Gasteiger partial charge in [0.2, 0.25) is 0 Å². The molecule has 30 heavy (non-hydrogen) atoms. The minimum absolute atomic E-state index is 0. The number of fused-ring (bicyclic) bond motifs is 1. The molecule has 0 radical (unpaired) electrons. The first kappa shape index (κ1) is 21.2. The number of benzene rings is 2. The van der Waals surface area contributed by atoms with E-state index in [2.05, 4.69) is 22.0 Å². The number of aromatic nitrogens is 4. The zero-order chi connectivity index (χ0) is 20.4. The van der Waals surface area contributed by atoms with Gasteiger partial charge in [0.05, 0.1) is 22.3 Å². The first-order valence-electron chi connectivity index (χ1n) is 9.46. The fourth-order valence-corrected chi connectivity index (χ4v) is 3.71. The van der Waals surface area contributed by atoms with Gasteiger partial charge in [-0.1, -0.05) is 31.2 Å². The zero-order valence-corrected chi connectivity index (χ0v) is 19.0. The summed E-state index contributed by atoms with van der Waals surface area (Å²) in [6.45, 7) is 2.20. The predicted octanol–water partition coefficient (Wildman–Crippen LogP) is 2.82. The summed E-state index contributed by atoms with van der Waals surface area (Å²) in [5.41, 5.74) is 3.46. The number of imidazole rings is 1. The molecule has 5 rings (SSSR count). The van der Waals surface area contributed by atoms with Crippen molar-refractivity contribution in [2.75, 3.05) is 0 Å². The number of alkyl halides is 3. The number of nitrogens with one attached hydrogen (secondary N) is 1. The van der Waals surface area contributed by atoms with Gasteiger partial charge in [0.1, 0.15) is 5.69 Å². The van der Waals surface area contributed by atoms with Gasteiger partial charge in [-0.15, -0.1) is 0 Å². The molecule has 0 bridgehead atoms. The van der Waals surface area contributed by atoms with Crippen LogP contribution >= 0.6 is 0 Å². The molecular formula is C22H20F3N4Na. The fourth-order valence-electron chi connectivity index (χ4n) is 3.71. The molecule has 1 fully saturated rings. The molecule has 4 aromatic rings. The van der Waals surface area contributed by atoms with Crippen LogP contribution in [0.25, 0.3) is 33.7 Å². The van der Waals surface area contributed by atoms with Gasteiger partial charge in [0.25, 0.3) is 0 Å². The summed E-state index contributed by atoms with van der Waals surface area (Å²) >= 11 is 0. The van der Waals surface area contributed by atoms with Gasteiger partial charge in [-0.25, -0.2) is 4.98 Å². The minimum Gasteiger partial charge on any atom is -1.00 e. The number of H-pyrrole nitrogens is 1. The normalized spacial score (nSPS) is 15.2. The summed E-state index contributed by atoms with van der Waals surface area (Å²) in [6.07, 6.45) is -2.15. The molecule has 2 aromatic carbocycles. The van der Waals surface area contributed by atoms with Gasteiger partial charge in [0.15, 0.2) is 5.82 Å². The summed E-state index contributed by atoms with van der Waals surface area (Å²) < 4.78 is 42.0. The summed E-state index contributed by atoms with van der Waals surface area (Å²) in [6, 6.07) is 12.8. The summed E-state index contributed by atoms with van der Waals surface area (Å²) in [5, 5.41) is 4.63. The zero-order valence-electron chi connectivity index (χ0n) is 18.0. The first-order chi connectivity index (χ1) is 13.7. The molecule has 0 atom stereocenters.